The van der Waals surface area contributed by atoms with Crippen molar-refractivity contribution in [2.75, 3.05) is 6.61 Å². The standard InChI is InChI=1S/C11H14O4/c1-9(2)8-13-15-14-11(12)10-6-4-3-5-7-10/h3-7,9H,8H2,1-2H3. The molecule has 0 heterocycles. The van der Waals surface area contributed by atoms with Gasteiger partial charge in [0.1, 0.15) is 0 Å². The van der Waals surface area contributed by atoms with Crippen molar-refractivity contribution in [3.63, 3.8) is 0 Å². The van der Waals surface area contributed by atoms with Gasteiger partial charge in [0.2, 0.25) is 0 Å². The zero-order chi connectivity index (χ0) is 11.1. The van der Waals surface area contributed by atoms with Crippen LogP contribution < -0.4 is 0 Å². The van der Waals surface area contributed by atoms with Crippen molar-refractivity contribution in [1.82, 2.24) is 0 Å². The first-order valence-electron chi connectivity index (χ1n) is 4.75. The summed E-state index contributed by atoms with van der Waals surface area (Å²) < 4.78 is 0. The van der Waals surface area contributed by atoms with Gasteiger partial charge < -0.3 is 0 Å². The molecule has 0 saturated carbocycles. The lowest BCUT2D eigenvalue weighted by molar-refractivity contribution is -0.483. The van der Waals surface area contributed by atoms with Crippen LogP contribution in [0.3, 0.4) is 0 Å². The van der Waals surface area contributed by atoms with Crippen molar-refractivity contribution in [2.45, 2.75) is 13.8 Å². The third-order valence-corrected chi connectivity index (χ3v) is 1.57. The van der Waals surface area contributed by atoms with Crippen LogP contribution >= 0.6 is 0 Å². The summed E-state index contributed by atoms with van der Waals surface area (Å²) in [4.78, 5) is 20.3. The molecular weight excluding hydrogens is 196 g/mol. The Morgan fingerprint density at radius 3 is 2.53 bits per heavy atom. The molecular formula is C11H14O4. The lowest BCUT2D eigenvalue weighted by Gasteiger charge is -2.04. The molecule has 0 bridgehead atoms. The Labute approximate surface area is 88.6 Å². The lowest BCUT2D eigenvalue weighted by atomic mass is 10.2. The van der Waals surface area contributed by atoms with Crippen LogP contribution in [0.1, 0.15) is 24.2 Å². The monoisotopic (exact) mass is 210 g/mol. The number of carbonyl (C=O) groups is 1. The molecule has 4 nitrogen and oxygen atoms in total. The Morgan fingerprint density at radius 1 is 1.27 bits per heavy atom. The first-order valence-corrected chi connectivity index (χ1v) is 4.75. The van der Waals surface area contributed by atoms with E-state index < -0.39 is 5.97 Å². The van der Waals surface area contributed by atoms with Gasteiger partial charge in [-0.05, 0) is 23.1 Å². The predicted octanol–water partition coefficient (Wildman–Crippen LogP) is 2.36. The summed E-state index contributed by atoms with van der Waals surface area (Å²) in [5.74, 6) is -0.250. The molecule has 0 N–H and O–H groups in total. The molecule has 0 spiro atoms. The Bertz CT molecular complexity index is 295. The minimum atomic E-state index is -0.570. The maximum atomic E-state index is 11.3. The van der Waals surface area contributed by atoms with Crippen LogP contribution in [-0.2, 0) is 14.8 Å². The van der Waals surface area contributed by atoms with E-state index in [2.05, 4.69) is 14.8 Å². The average Bonchev–Trinajstić information content (AvgIpc) is 2.25. The second-order valence-electron chi connectivity index (χ2n) is 3.48. The van der Waals surface area contributed by atoms with Gasteiger partial charge in [-0.2, -0.15) is 4.89 Å². The molecule has 1 rings (SSSR count). The fraction of sp³-hybridized carbons (Fsp3) is 0.364. The summed E-state index contributed by atoms with van der Waals surface area (Å²) in [5, 5.41) is 4.31. The second-order valence-corrected chi connectivity index (χ2v) is 3.48. The summed E-state index contributed by atoms with van der Waals surface area (Å²) >= 11 is 0. The fourth-order valence-corrected chi connectivity index (χ4v) is 0.841. The summed E-state index contributed by atoms with van der Waals surface area (Å²) in [6.07, 6.45) is 0. The Morgan fingerprint density at radius 2 is 1.93 bits per heavy atom. The van der Waals surface area contributed by atoms with Gasteiger partial charge in [-0.1, -0.05) is 32.0 Å². The van der Waals surface area contributed by atoms with E-state index in [0.29, 0.717) is 18.1 Å². The van der Waals surface area contributed by atoms with Crippen LogP contribution in [0.2, 0.25) is 0 Å². The van der Waals surface area contributed by atoms with E-state index in [0.717, 1.165) is 0 Å². The molecule has 0 aliphatic heterocycles. The van der Waals surface area contributed by atoms with Gasteiger partial charge in [-0.25, -0.2) is 4.79 Å². The summed E-state index contributed by atoms with van der Waals surface area (Å²) in [6, 6.07) is 8.56. The van der Waals surface area contributed by atoms with E-state index in [4.69, 9.17) is 0 Å². The highest BCUT2D eigenvalue weighted by Crippen LogP contribution is 2.02. The molecule has 4 heteroatoms. The Hall–Kier alpha value is -1.39. The molecule has 82 valence electrons. The van der Waals surface area contributed by atoms with Gasteiger partial charge in [0.25, 0.3) is 0 Å². The third-order valence-electron chi connectivity index (χ3n) is 1.57. The summed E-state index contributed by atoms with van der Waals surface area (Å²) in [5.41, 5.74) is 0.422. The van der Waals surface area contributed by atoms with E-state index in [1.807, 2.05) is 19.9 Å². The zero-order valence-electron chi connectivity index (χ0n) is 8.80. The van der Waals surface area contributed by atoms with Gasteiger partial charge in [0.15, 0.2) is 0 Å². The SMILES string of the molecule is CC(C)COOOC(=O)c1ccccc1. The van der Waals surface area contributed by atoms with Crippen LogP contribution in [0.25, 0.3) is 0 Å². The number of hydrogen-bond acceptors (Lipinski definition) is 4. The number of hydrogen-bond donors (Lipinski definition) is 0. The molecule has 0 saturated heterocycles. The number of carbonyl (C=O) groups excluding carboxylic acids is 1. The first-order chi connectivity index (χ1) is 7.20. The largest absolute Gasteiger partial charge is 0.376 e. The fourth-order valence-electron chi connectivity index (χ4n) is 0.841. The topological polar surface area (TPSA) is 44.8 Å². The van der Waals surface area contributed by atoms with Gasteiger partial charge in [-0.15, -0.1) is 0 Å². The molecule has 1 aromatic rings. The van der Waals surface area contributed by atoms with Crippen molar-refractivity contribution >= 4 is 5.97 Å². The van der Waals surface area contributed by atoms with Gasteiger partial charge >= 0.3 is 5.97 Å². The minimum Gasteiger partial charge on any atom is -0.263 e. The van der Waals surface area contributed by atoms with Gasteiger partial charge in [0.05, 0.1) is 12.2 Å². The molecule has 1 aromatic carbocycles. The molecule has 0 amide bonds. The van der Waals surface area contributed by atoms with E-state index in [-0.39, 0.29) is 0 Å². The van der Waals surface area contributed by atoms with E-state index >= 15 is 0 Å². The van der Waals surface area contributed by atoms with Crippen LogP contribution in [0.5, 0.6) is 0 Å². The van der Waals surface area contributed by atoms with E-state index in [9.17, 15) is 4.79 Å². The maximum Gasteiger partial charge on any atom is 0.376 e. The molecule has 0 fully saturated rings. The Kier molecular flexibility index (Phi) is 4.80. The summed E-state index contributed by atoms with van der Waals surface area (Å²) in [6.45, 7) is 4.30. The molecule has 0 unspecified atom stereocenters. The van der Waals surface area contributed by atoms with Crippen molar-refractivity contribution in [1.29, 1.82) is 0 Å². The molecule has 0 aliphatic carbocycles. The van der Waals surface area contributed by atoms with Gasteiger partial charge in [0, 0.05) is 0 Å². The highest BCUT2D eigenvalue weighted by atomic mass is 17.5. The molecule has 0 aromatic heterocycles. The van der Waals surface area contributed by atoms with Crippen LogP contribution in [0.15, 0.2) is 30.3 Å². The molecule has 0 radical (unpaired) electrons. The lowest BCUT2D eigenvalue weighted by Crippen LogP contribution is -2.09. The van der Waals surface area contributed by atoms with Crippen LogP contribution in [0.4, 0.5) is 0 Å². The van der Waals surface area contributed by atoms with Crippen molar-refractivity contribution in [2.24, 2.45) is 5.92 Å². The summed E-state index contributed by atoms with van der Waals surface area (Å²) in [7, 11) is 0. The Balaban J connectivity index is 2.25. The molecule has 15 heavy (non-hydrogen) atoms. The zero-order valence-corrected chi connectivity index (χ0v) is 8.80. The van der Waals surface area contributed by atoms with E-state index in [1.54, 1.807) is 24.3 Å². The van der Waals surface area contributed by atoms with Crippen molar-refractivity contribution in [3.05, 3.63) is 35.9 Å². The normalized spacial score (nSPS) is 10.3. The van der Waals surface area contributed by atoms with Crippen molar-refractivity contribution < 1.29 is 19.6 Å². The molecule has 0 atom stereocenters. The predicted molar refractivity (Wildman–Crippen MR) is 53.7 cm³/mol. The average molecular weight is 210 g/mol. The second kappa shape index (κ2) is 6.16. The highest BCUT2D eigenvalue weighted by molar-refractivity contribution is 5.88. The maximum absolute atomic E-state index is 11.3. The van der Waals surface area contributed by atoms with E-state index in [1.165, 1.54) is 0 Å². The smallest absolute Gasteiger partial charge is 0.263 e. The highest BCUT2D eigenvalue weighted by Gasteiger charge is 2.07. The number of benzene rings is 1. The minimum absolute atomic E-state index is 0.320. The van der Waals surface area contributed by atoms with Crippen LogP contribution in [-0.4, -0.2) is 12.6 Å². The quantitative estimate of drug-likeness (QED) is 0.425. The number of rotatable bonds is 5. The third kappa shape index (κ3) is 4.58. The van der Waals surface area contributed by atoms with Crippen LogP contribution in [0, 0.1) is 5.92 Å². The first kappa shape index (κ1) is 11.7. The van der Waals surface area contributed by atoms with Crippen molar-refractivity contribution in [3.8, 4) is 0 Å². The molecule has 0 aliphatic rings. The van der Waals surface area contributed by atoms with Gasteiger partial charge in [-0.3, -0.25) is 4.89 Å².